The van der Waals surface area contributed by atoms with Gasteiger partial charge in [-0.1, -0.05) is 0 Å². The van der Waals surface area contributed by atoms with Crippen LogP contribution in [0.3, 0.4) is 0 Å². The predicted octanol–water partition coefficient (Wildman–Crippen LogP) is 1.31. The van der Waals surface area contributed by atoms with Crippen molar-refractivity contribution in [3.8, 4) is 0 Å². The van der Waals surface area contributed by atoms with E-state index in [2.05, 4.69) is 4.98 Å². The molecule has 1 aromatic rings. The predicted molar refractivity (Wildman–Crippen MR) is 55.8 cm³/mol. The summed E-state index contributed by atoms with van der Waals surface area (Å²) in [7, 11) is 0. The maximum absolute atomic E-state index is 12.3. The molecule has 1 N–H and O–H groups in total. The topological polar surface area (TPSA) is 53.4 Å². The number of aromatic nitrogens is 1. The Morgan fingerprint density at radius 1 is 1.44 bits per heavy atom. The van der Waals surface area contributed by atoms with Crippen molar-refractivity contribution in [2.45, 2.75) is 18.7 Å². The fourth-order valence-corrected chi connectivity index (χ4v) is 1.80. The van der Waals surface area contributed by atoms with Gasteiger partial charge in [-0.3, -0.25) is 9.78 Å². The number of aliphatic hydroxyl groups excluding tert-OH is 1. The summed E-state index contributed by atoms with van der Waals surface area (Å²) in [5.41, 5.74) is -0.933. The standard InChI is InChI=1S/C11H11F3N2O2/c12-11(13,14)9-2-1-7(5-15-9)10(18)16-4-3-8(17)6-16/h1-2,5,8,17H,3-4,6H2. The fourth-order valence-electron chi connectivity index (χ4n) is 1.80. The van der Waals surface area contributed by atoms with Crippen LogP contribution in [-0.4, -0.2) is 40.1 Å². The van der Waals surface area contributed by atoms with E-state index in [0.717, 1.165) is 18.3 Å². The number of pyridine rings is 1. The molecule has 1 atom stereocenters. The van der Waals surface area contributed by atoms with Gasteiger partial charge >= 0.3 is 6.18 Å². The molecule has 0 saturated carbocycles. The molecule has 1 aromatic heterocycles. The molecule has 1 saturated heterocycles. The molecule has 0 spiro atoms. The van der Waals surface area contributed by atoms with Crippen molar-refractivity contribution in [1.82, 2.24) is 9.88 Å². The number of amides is 1. The van der Waals surface area contributed by atoms with Crippen molar-refractivity contribution >= 4 is 5.91 Å². The summed E-state index contributed by atoms with van der Waals surface area (Å²) in [5.74, 6) is -0.409. The average molecular weight is 260 g/mol. The summed E-state index contributed by atoms with van der Waals surface area (Å²) in [6, 6.07) is 1.88. The zero-order valence-corrected chi connectivity index (χ0v) is 9.31. The highest BCUT2D eigenvalue weighted by molar-refractivity contribution is 5.94. The highest BCUT2D eigenvalue weighted by atomic mass is 19.4. The number of β-amino-alcohol motifs (C(OH)–C–C–N with tert-alkyl or cyclic N) is 1. The third-order valence-electron chi connectivity index (χ3n) is 2.75. The van der Waals surface area contributed by atoms with Crippen LogP contribution in [0.25, 0.3) is 0 Å². The quantitative estimate of drug-likeness (QED) is 0.828. The Balaban J connectivity index is 2.12. The molecule has 18 heavy (non-hydrogen) atoms. The van der Waals surface area contributed by atoms with Gasteiger partial charge in [-0.2, -0.15) is 13.2 Å². The van der Waals surface area contributed by atoms with Crippen molar-refractivity contribution in [2.75, 3.05) is 13.1 Å². The zero-order valence-electron chi connectivity index (χ0n) is 9.31. The minimum atomic E-state index is -4.51. The van der Waals surface area contributed by atoms with E-state index in [1.54, 1.807) is 0 Å². The first kappa shape index (κ1) is 12.8. The number of aliphatic hydroxyl groups is 1. The summed E-state index contributed by atoms with van der Waals surface area (Å²) in [4.78, 5) is 16.5. The van der Waals surface area contributed by atoms with E-state index in [4.69, 9.17) is 0 Å². The summed E-state index contributed by atoms with van der Waals surface area (Å²) in [5, 5.41) is 9.29. The van der Waals surface area contributed by atoms with E-state index in [9.17, 15) is 23.1 Å². The number of nitrogens with zero attached hydrogens (tertiary/aromatic N) is 2. The van der Waals surface area contributed by atoms with Gasteiger partial charge in [0.15, 0.2) is 0 Å². The van der Waals surface area contributed by atoms with Crippen LogP contribution < -0.4 is 0 Å². The highest BCUT2D eigenvalue weighted by Crippen LogP contribution is 2.27. The molecule has 7 heteroatoms. The van der Waals surface area contributed by atoms with E-state index in [0.29, 0.717) is 13.0 Å². The molecular weight excluding hydrogens is 249 g/mol. The lowest BCUT2D eigenvalue weighted by atomic mass is 10.2. The smallest absolute Gasteiger partial charge is 0.391 e. The molecule has 0 aliphatic carbocycles. The molecule has 1 aliphatic heterocycles. The van der Waals surface area contributed by atoms with E-state index < -0.39 is 23.9 Å². The largest absolute Gasteiger partial charge is 0.433 e. The minimum absolute atomic E-state index is 0.0945. The number of carbonyl (C=O) groups excluding carboxylic acids is 1. The van der Waals surface area contributed by atoms with Crippen molar-refractivity contribution in [2.24, 2.45) is 0 Å². The minimum Gasteiger partial charge on any atom is -0.391 e. The number of likely N-dealkylation sites (tertiary alicyclic amines) is 1. The fraction of sp³-hybridized carbons (Fsp3) is 0.455. The van der Waals surface area contributed by atoms with Crippen molar-refractivity contribution in [1.29, 1.82) is 0 Å². The SMILES string of the molecule is O=C(c1ccc(C(F)(F)F)nc1)N1CCC(O)C1. The average Bonchev–Trinajstić information content (AvgIpc) is 2.74. The van der Waals surface area contributed by atoms with Crippen molar-refractivity contribution in [3.05, 3.63) is 29.6 Å². The van der Waals surface area contributed by atoms with Gasteiger partial charge in [0.25, 0.3) is 5.91 Å². The molecule has 0 aromatic carbocycles. The first-order valence-electron chi connectivity index (χ1n) is 5.38. The van der Waals surface area contributed by atoms with Gasteiger partial charge in [-0.15, -0.1) is 0 Å². The molecule has 2 rings (SSSR count). The monoisotopic (exact) mass is 260 g/mol. The second-order valence-corrected chi connectivity index (χ2v) is 4.12. The van der Waals surface area contributed by atoms with Gasteiger partial charge in [0.05, 0.1) is 11.7 Å². The number of alkyl halides is 3. The second kappa shape index (κ2) is 4.56. The van der Waals surface area contributed by atoms with E-state index in [1.165, 1.54) is 4.90 Å². The summed E-state index contributed by atoms with van der Waals surface area (Å²) in [6.45, 7) is 0.612. The van der Waals surface area contributed by atoms with E-state index in [1.807, 2.05) is 0 Å². The molecule has 4 nitrogen and oxygen atoms in total. The first-order valence-corrected chi connectivity index (χ1v) is 5.38. The first-order chi connectivity index (χ1) is 8.38. The Labute approximate surface area is 101 Å². The Bertz CT molecular complexity index is 445. The Kier molecular flexibility index (Phi) is 3.25. The lowest BCUT2D eigenvalue weighted by molar-refractivity contribution is -0.141. The van der Waals surface area contributed by atoms with E-state index >= 15 is 0 Å². The zero-order chi connectivity index (χ0) is 13.3. The van der Waals surface area contributed by atoms with Gasteiger partial charge in [0, 0.05) is 19.3 Å². The van der Waals surface area contributed by atoms with Gasteiger partial charge < -0.3 is 10.0 Å². The van der Waals surface area contributed by atoms with Crippen molar-refractivity contribution in [3.63, 3.8) is 0 Å². The Morgan fingerprint density at radius 3 is 2.61 bits per heavy atom. The summed E-state index contributed by atoms with van der Waals surface area (Å²) in [6.07, 6.45) is -3.67. The van der Waals surface area contributed by atoms with Crippen molar-refractivity contribution < 1.29 is 23.1 Å². The molecule has 2 heterocycles. The lowest BCUT2D eigenvalue weighted by Gasteiger charge is -2.15. The Morgan fingerprint density at radius 2 is 2.17 bits per heavy atom. The summed E-state index contributed by atoms with van der Waals surface area (Å²) >= 11 is 0. The van der Waals surface area contributed by atoms with Crippen LogP contribution in [0.4, 0.5) is 13.2 Å². The number of carbonyl (C=O) groups is 1. The Hall–Kier alpha value is -1.63. The third kappa shape index (κ3) is 2.61. The van der Waals surface area contributed by atoms with Crippen LogP contribution in [0.2, 0.25) is 0 Å². The van der Waals surface area contributed by atoms with Crippen LogP contribution in [0, 0.1) is 0 Å². The maximum atomic E-state index is 12.3. The normalized spacial score (nSPS) is 20.2. The molecule has 1 amide bonds. The molecule has 1 aliphatic rings. The second-order valence-electron chi connectivity index (χ2n) is 4.12. The summed E-state index contributed by atoms with van der Waals surface area (Å²) < 4.78 is 36.8. The highest BCUT2D eigenvalue weighted by Gasteiger charge is 2.33. The lowest BCUT2D eigenvalue weighted by Crippen LogP contribution is -2.29. The number of hydrogen-bond acceptors (Lipinski definition) is 3. The molecule has 98 valence electrons. The van der Waals surface area contributed by atoms with Crippen LogP contribution >= 0.6 is 0 Å². The van der Waals surface area contributed by atoms with Gasteiger partial charge in [-0.05, 0) is 18.6 Å². The number of halogens is 3. The van der Waals surface area contributed by atoms with Crippen LogP contribution in [0.5, 0.6) is 0 Å². The molecule has 1 fully saturated rings. The van der Waals surface area contributed by atoms with Crippen LogP contribution in [0.1, 0.15) is 22.5 Å². The van der Waals surface area contributed by atoms with Gasteiger partial charge in [0.2, 0.25) is 0 Å². The van der Waals surface area contributed by atoms with Crippen LogP contribution in [0.15, 0.2) is 18.3 Å². The van der Waals surface area contributed by atoms with Crippen LogP contribution in [-0.2, 0) is 6.18 Å². The molecule has 0 bridgehead atoms. The molecule has 0 radical (unpaired) electrons. The third-order valence-corrected chi connectivity index (χ3v) is 2.75. The molecular formula is C11H11F3N2O2. The van der Waals surface area contributed by atoms with E-state index in [-0.39, 0.29) is 12.1 Å². The maximum Gasteiger partial charge on any atom is 0.433 e. The molecule has 1 unspecified atom stereocenters. The number of hydrogen-bond donors (Lipinski definition) is 1. The van der Waals surface area contributed by atoms with Gasteiger partial charge in [-0.25, -0.2) is 0 Å². The number of rotatable bonds is 1. The van der Waals surface area contributed by atoms with Gasteiger partial charge in [0.1, 0.15) is 5.69 Å².